The fourth-order valence-corrected chi connectivity index (χ4v) is 1.64. The van der Waals surface area contributed by atoms with E-state index in [0.29, 0.717) is 6.42 Å². The molecule has 0 fully saturated rings. The van der Waals surface area contributed by atoms with Crippen LogP contribution in [-0.4, -0.2) is 37.5 Å². The van der Waals surface area contributed by atoms with Gasteiger partial charge in [0.1, 0.15) is 6.04 Å². The van der Waals surface area contributed by atoms with Crippen LogP contribution in [-0.2, 0) is 25.5 Å². The highest BCUT2D eigenvalue weighted by Gasteiger charge is 2.21. The number of hydrogen-bond donors (Lipinski definition) is 2. The molecule has 6 heteroatoms. The van der Waals surface area contributed by atoms with Gasteiger partial charge in [0.05, 0.1) is 13.7 Å². The number of carbonyl (C=O) groups excluding carboxylic acids is 3. The molecule has 20 heavy (non-hydrogen) atoms. The highest BCUT2D eigenvalue weighted by atomic mass is 16.5. The smallest absolute Gasteiger partial charge is 0.328 e. The van der Waals surface area contributed by atoms with Crippen LogP contribution in [0.4, 0.5) is 0 Å². The standard InChI is InChI=1S/C14H18N2O4/c1-10(17)15-9-13(18)16-12(14(19)20-2)8-11-6-4-3-5-7-11/h3-7,12H,8-9H2,1-2H3,(H,15,17)(H,16,18)/t12-/m0/s1. The number of rotatable bonds is 6. The molecule has 0 saturated heterocycles. The Hall–Kier alpha value is -2.37. The average Bonchev–Trinajstić information content (AvgIpc) is 2.44. The molecular weight excluding hydrogens is 260 g/mol. The van der Waals surface area contributed by atoms with Crippen LogP contribution in [0.25, 0.3) is 0 Å². The lowest BCUT2D eigenvalue weighted by atomic mass is 10.1. The van der Waals surface area contributed by atoms with Gasteiger partial charge in [0.25, 0.3) is 0 Å². The molecule has 1 rings (SSSR count). The maximum absolute atomic E-state index is 11.7. The monoisotopic (exact) mass is 278 g/mol. The number of benzene rings is 1. The van der Waals surface area contributed by atoms with Crippen molar-refractivity contribution in [1.29, 1.82) is 0 Å². The zero-order valence-electron chi connectivity index (χ0n) is 11.5. The number of methoxy groups -OCH3 is 1. The van der Waals surface area contributed by atoms with Gasteiger partial charge >= 0.3 is 5.97 Å². The van der Waals surface area contributed by atoms with Crippen molar-refractivity contribution in [3.05, 3.63) is 35.9 Å². The minimum atomic E-state index is -0.774. The molecular formula is C14H18N2O4. The van der Waals surface area contributed by atoms with Crippen molar-refractivity contribution >= 4 is 17.8 Å². The predicted molar refractivity (Wildman–Crippen MR) is 72.8 cm³/mol. The van der Waals surface area contributed by atoms with Crippen molar-refractivity contribution in [3.63, 3.8) is 0 Å². The van der Waals surface area contributed by atoms with Gasteiger partial charge in [0, 0.05) is 13.3 Å². The van der Waals surface area contributed by atoms with E-state index in [1.807, 2.05) is 30.3 Å². The molecule has 0 aliphatic rings. The summed E-state index contributed by atoms with van der Waals surface area (Å²) in [6.45, 7) is 1.15. The first-order valence-corrected chi connectivity index (χ1v) is 6.18. The van der Waals surface area contributed by atoms with E-state index in [0.717, 1.165) is 5.56 Å². The summed E-state index contributed by atoms with van der Waals surface area (Å²) in [4.78, 5) is 34.0. The summed E-state index contributed by atoms with van der Waals surface area (Å²) in [5.41, 5.74) is 0.905. The molecule has 1 aromatic rings. The summed E-state index contributed by atoms with van der Waals surface area (Å²) < 4.78 is 4.67. The van der Waals surface area contributed by atoms with E-state index in [9.17, 15) is 14.4 Å². The minimum absolute atomic E-state index is 0.169. The van der Waals surface area contributed by atoms with Gasteiger partial charge in [0.15, 0.2) is 0 Å². The van der Waals surface area contributed by atoms with Crippen LogP contribution in [0.5, 0.6) is 0 Å². The summed E-state index contributed by atoms with van der Waals surface area (Å²) in [5.74, 6) is -1.27. The van der Waals surface area contributed by atoms with Crippen LogP contribution in [0, 0.1) is 0 Å². The molecule has 6 nitrogen and oxygen atoms in total. The molecule has 0 aromatic heterocycles. The summed E-state index contributed by atoms with van der Waals surface area (Å²) in [6.07, 6.45) is 0.333. The first-order chi connectivity index (χ1) is 9.52. The maximum Gasteiger partial charge on any atom is 0.328 e. The molecule has 0 aliphatic carbocycles. The van der Waals surface area contributed by atoms with E-state index in [2.05, 4.69) is 15.4 Å². The molecule has 0 unspecified atom stereocenters. The van der Waals surface area contributed by atoms with Gasteiger partial charge in [-0.15, -0.1) is 0 Å². The fourth-order valence-electron chi connectivity index (χ4n) is 1.64. The van der Waals surface area contributed by atoms with Crippen LogP contribution >= 0.6 is 0 Å². The summed E-state index contributed by atoms with van der Waals surface area (Å²) in [6, 6.07) is 8.51. The first kappa shape index (κ1) is 15.7. The third kappa shape index (κ3) is 5.51. The van der Waals surface area contributed by atoms with Crippen molar-refractivity contribution in [2.24, 2.45) is 0 Å². The Labute approximate surface area is 117 Å². The molecule has 0 aliphatic heterocycles. The SMILES string of the molecule is COC(=O)[C@H](Cc1ccccc1)NC(=O)CNC(C)=O. The molecule has 0 bridgehead atoms. The third-order valence-electron chi connectivity index (χ3n) is 2.60. The van der Waals surface area contributed by atoms with E-state index in [1.165, 1.54) is 14.0 Å². The topological polar surface area (TPSA) is 84.5 Å². The van der Waals surface area contributed by atoms with E-state index in [-0.39, 0.29) is 12.5 Å². The number of ether oxygens (including phenoxy) is 1. The summed E-state index contributed by atoms with van der Waals surface area (Å²) in [5, 5.41) is 4.91. The van der Waals surface area contributed by atoms with Crippen LogP contribution in [0.1, 0.15) is 12.5 Å². The average molecular weight is 278 g/mol. The molecule has 0 saturated carbocycles. The van der Waals surface area contributed by atoms with Gasteiger partial charge in [-0.3, -0.25) is 9.59 Å². The lowest BCUT2D eigenvalue weighted by molar-refractivity contribution is -0.144. The highest BCUT2D eigenvalue weighted by Crippen LogP contribution is 2.04. The number of esters is 1. The second kappa shape index (κ2) is 7.93. The maximum atomic E-state index is 11.7. The van der Waals surface area contributed by atoms with Crippen LogP contribution < -0.4 is 10.6 Å². The van der Waals surface area contributed by atoms with Gasteiger partial charge in [-0.1, -0.05) is 30.3 Å². The molecule has 0 spiro atoms. The Kier molecular flexibility index (Phi) is 6.22. The predicted octanol–water partition coefficient (Wildman–Crippen LogP) is 0.0230. The largest absolute Gasteiger partial charge is 0.467 e. The summed E-state index contributed by atoms with van der Waals surface area (Å²) >= 11 is 0. The highest BCUT2D eigenvalue weighted by molar-refractivity contribution is 5.87. The van der Waals surface area contributed by atoms with Gasteiger partial charge < -0.3 is 15.4 Å². The number of carbonyl (C=O) groups is 3. The lowest BCUT2D eigenvalue weighted by Gasteiger charge is -2.16. The molecule has 1 aromatic carbocycles. The van der Waals surface area contributed by atoms with Crippen LogP contribution in [0.2, 0.25) is 0 Å². The molecule has 0 radical (unpaired) electrons. The van der Waals surface area contributed by atoms with Gasteiger partial charge in [-0.25, -0.2) is 4.79 Å². The Morgan fingerprint density at radius 3 is 2.40 bits per heavy atom. The quantitative estimate of drug-likeness (QED) is 0.719. The Balaban J connectivity index is 2.63. The zero-order chi connectivity index (χ0) is 15.0. The molecule has 1 atom stereocenters. The Morgan fingerprint density at radius 2 is 1.85 bits per heavy atom. The van der Waals surface area contributed by atoms with Gasteiger partial charge in [0.2, 0.25) is 11.8 Å². The van der Waals surface area contributed by atoms with E-state index < -0.39 is 17.9 Å². The minimum Gasteiger partial charge on any atom is -0.467 e. The second-order valence-electron chi connectivity index (χ2n) is 4.24. The van der Waals surface area contributed by atoms with Crippen molar-refractivity contribution in [3.8, 4) is 0 Å². The molecule has 2 N–H and O–H groups in total. The molecule has 2 amide bonds. The Bertz CT molecular complexity index is 473. The normalized spacial score (nSPS) is 11.3. The second-order valence-corrected chi connectivity index (χ2v) is 4.24. The number of amides is 2. The third-order valence-corrected chi connectivity index (χ3v) is 2.60. The van der Waals surface area contributed by atoms with Crippen molar-refractivity contribution in [1.82, 2.24) is 10.6 Å². The lowest BCUT2D eigenvalue weighted by Crippen LogP contribution is -2.46. The van der Waals surface area contributed by atoms with E-state index >= 15 is 0 Å². The summed E-state index contributed by atoms with van der Waals surface area (Å²) in [7, 11) is 1.26. The van der Waals surface area contributed by atoms with Crippen molar-refractivity contribution < 1.29 is 19.1 Å². The van der Waals surface area contributed by atoms with E-state index in [4.69, 9.17) is 0 Å². The molecule has 0 heterocycles. The van der Waals surface area contributed by atoms with Crippen molar-refractivity contribution in [2.45, 2.75) is 19.4 Å². The Morgan fingerprint density at radius 1 is 1.20 bits per heavy atom. The van der Waals surface area contributed by atoms with Crippen LogP contribution in [0.15, 0.2) is 30.3 Å². The number of nitrogens with one attached hydrogen (secondary N) is 2. The van der Waals surface area contributed by atoms with Gasteiger partial charge in [-0.2, -0.15) is 0 Å². The van der Waals surface area contributed by atoms with Crippen molar-refractivity contribution in [2.75, 3.05) is 13.7 Å². The zero-order valence-corrected chi connectivity index (χ0v) is 11.5. The fraction of sp³-hybridized carbons (Fsp3) is 0.357. The molecule has 108 valence electrons. The van der Waals surface area contributed by atoms with E-state index in [1.54, 1.807) is 0 Å². The van der Waals surface area contributed by atoms with Gasteiger partial charge in [-0.05, 0) is 5.56 Å². The number of hydrogen-bond acceptors (Lipinski definition) is 4. The van der Waals surface area contributed by atoms with Crippen LogP contribution in [0.3, 0.4) is 0 Å². The first-order valence-electron chi connectivity index (χ1n) is 6.18.